The lowest BCUT2D eigenvalue weighted by molar-refractivity contribution is -0.137. The quantitative estimate of drug-likeness (QED) is 0.386. The lowest BCUT2D eigenvalue weighted by atomic mass is 10.3. The molecule has 0 aliphatic heterocycles. The number of nitrogens with zero attached hydrogens (tertiary/aromatic N) is 1. The van der Waals surface area contributed by atoms with E-state index < -0.39 is 21.8 Å². The summed E-state index contributed by atoms with van der Waals surface area (Å²) in [5.41, 5.74) is -0.938. The number of alkyl halides is 3. The third-order valence-corrected chi connectivity index (χ3v) is 6.70. The van der Waals surface area contributed by atoms with Gasteiger partial charge in [0.1, 0.15) is 10.8 Å². The standard InChI is InChI=1S/C18H19ClF3N3O4S2/c1-29-13-2-4-14(5-3-13)31(27,28)25-7-6-16(26)23-8-9-30-17-15(19)10-12(11-24-17)18(20,21)22/h2-5,10-11,25H,6-9H2,1H3,(H,23,26). The van der Waals surface area contributed by atoms with Gasteiger partial charge in [-0.05, 0) is 30.3 Å². The van der Waals surface area contributed by atoms with Crippen LogP contribution in [0.4, 0.5) is 13.2 Å². The first kappa shape index (κ1) is 25.2. The molecule has 1 heterocycles. The number of halogens is 4. The van der Waals surface area contributed by atoms with Crippen molar-refractivity contribution in [1.29, 1.82) is 0 Å². The molecule has 0 saturated carbocycles. The van der Waals surface area contributed by atoms with Crippen LogP contribution in [0.15, 0.2) is 46.5 Å². The minimum atomic E-state index is -4.53. The first-order valence-corrected chi connectivity index (χ1v) is 11.6. The highest BCUT2D eigenvalue weighted by Gasteiger charge is 2.31. The number of sulfonamides is 1. The van der Waals surface area contributed by atoms with Crippen molar-refractivity contribution in [3.8, 4) is 5.75 Å². The largest absolute Gasteiger partial charge is 0.497 e. The van der Waals surface area contributed by atoms with E-state index >= 15 is 0 Å². The Labute approximate surface area is 186 Å². The van der Waals surface area contributed by atoms with E-state index in [-0.39, 0.29) is 40.4 Å². The molecule has 2 aromatic rings. The highest BCUT2D eigenvalue weighted by molar-refractivity contribution is 7.99. The molecule has 170 valence electrons. The Kier molecular flexibility index (Phi) is 8.98. The molecular formula is C18H19ClF3N3O4S2. The van der Waals surface area contributed by atoms with Gasteiger partial charge >= 0.3 is 6.18 Å². The summed E-state index contributed by atoms with van der Waals surface area (Å²) in [7, 11) is -2.29. The average molecular weight is 498 g/mol. The maximum atomic E-state index is 12.6. The Morgan fingerprint density at radius 3 is 2.48 bits per heavy atom. The summed E-state index contributed by atoms with van der Waals surface area (Å²) in [4.78, 5) is 15.6. The summed E-state index contributed by atoms with van der Waals surface area (Å²) < 4.78 is 69.4. The van der Waals surface area contributed by atoms with Crippen LogP contribution < -0.4 is 14.8 Å². The van der Waals surface area contributed by atoms with Crippen LogP contribution in [-0.2, 0) is 21.0 Å². The summed E-state index contributed by atoms with van der Waals surface area (Å²) in [5, 5.41) is 2.68. The smallest absolute Gasteiger partial charge is 0.417 e. The van der Waals surface area contributed by atoms with E-state index in [1.165, 1.54) is 31.4 Å². The van der Waals surface area contributed by atoms with Crippen LogP contribution in [-0.4, -0.2) is 45.3 Å². The second-order valence-corrected chi connectivity index (χ2v) is 9.29. The van der Waals surface area contributed by atoms with Crippen LogP contribution in [0, 0.1) is 0 Å². The molecule has 0 atom stereocenters. The molecule has 2 N–H and O–H groups in total. The topological polar surface area (TPSA) is 97.4 Å². The highest BCUT2D eigenvalue weighted by Crippen LogP contribution is 2.33. The number of rotatable bonds is 10. The van der Waals surface area contributed by atoms with Crippen LogP contribution in [0.5, 0.6) is 5.75 Å². The molecule has 1 amide bonds. The first-order chi connectivity index (χ1) is 14.5. The van der Waals surface area contributed by atoms with E-state index in [1.807, 2.05) is 0 Å². The van der Waals surface area contributed by atoms with Crippen molar-refractivity contribution in [2.45, 2.75) is 22.5 Å². The van der Waals surface area contributed by atoms with Gasteiger partial charge in [0.05, 0.1) is 22.6 Å². The van der Waals surface area contributed by atoms with E-state index in [1.54, 1.807) is 0 Å². The lowest BCUT2D eigenvalue weighted by Crippen LogP contribution is -2.31. The molecule has 7 nitrogen and oxygen atoms in total. The Bertz CT molecular complexity index is 1000. The van der Waals surface area contributed by atoms with Crippen LogP contribution in [0.2, 0.25) is 5.02 Å². The lowest BCUT2D eigenvalue weighted by Gasteiger charge is -2.10. The summed E-state index contributed by atoms with van der Waals surface area (Å²) >= 11 is 6.90. The summed E-state index contributed by atoms with van der Waals surface area (Å²) in [6.07, 6.45) is -3.91. The zero-order valence-corrected chi connectivity index (χ0v) is 18.6. The number of aromatic nitrogens is 1. The van der Waals surface area contributed by atoms with Gasteiger partial charge in [0, 0.05) is 31.5 Å². The molecule has 0 aliphatic carbocycles. The molecule has 0 bridgehead atoms. The molecule has 1 aromatic heterocycles. The van der Waals surface area contributed by atoms with Crippen LogP contribution in [0.1, 0.15) is 12.0 Å². The summed E-state index contributed by atoms with van der Waals surface area (Å²) in [6, 6.07) is 6.59. The van der Waals surface area contributed by atoms with Crippen molar-refractivity contribution >= 4 is 39.3 Å². The van der Waals surface area contributed by atoms with Crippen LogP contribution in [0.3, 0.4) is 0 Å². The van der Waals surface area contributed by atoms with Gasteiger partial charge < -0.3 is 10.1 Å². The number of carbonyl (C=O) groups excluding carboxylic acids is 1. The number of thioether (sulfide) groups is 1. The van der Waals surface area contributed by atoms with Crippen molar-refractivity contribution < 1.29 is 31.1 Å². The number of pyridine rings is 1. The molecular weight excluding hydrogens is 479 g/mol. The van der Waals surface area contributed by atoms with Crippen LogP contribution >= 0.6 is 23.4 Å². The summed E-state index contributed by atoms with van der Waals surface area (Å²) in [5.74, 6) is 0.454. The van der Waals surface area contributed by atoms with Gasteiger partial charge in [-0.25, -0.2) is 18.1 Å². The predicted octanol–water partition coefficient (Wildman–Crippen LogP) is 3.34. The van der Waals surface area contributed by atoms with Crippen molar-refractivity contribution in [1.82, 2.24) is 15.0 Å². The fraction of sp³-hybridized carbons (Fsp3) is 0.333. The zero-order valence-electron chi connectivity index (χ0n) is 16.2. The summed E-state index contributed by atoms with van der Waals surface area (Å²) in [6.45, 7) is 0.105. The SMILES string of the molecule is COc1ccc(S(=O)(=O)NCCC(=O)NCCSc2ncc(C(F)(F)F)cc2Cl)cc1. The number of methoxy groups -OCH3 is 1. The number of ether oxygens (including phenoxy) is 1. The first-order valence-electron chi connectivity index (χ1n) is 8.79. The Balaban J connectivity index is 1.71. The van der Waals surface area contributed by atoms with E-state index in [4.69, 9.17) is 16.3 Å². The number of amides is 1. The fourth-order valence-electron chi connectivity index (χ4n) is 2.25. The Morgan fingerprint density at radius 1 is 1.23 bits per heavy atom. The van der Waals surface area contributed by atoms with Gasteiger partial charge in [-0.3, -0.25) is 4.79 Å². The Morgan fingerprint density at radius 2 is 1.90 bits per heavy atom. The predicted molar refractivity (Wildman–Crippen MR) is 111 cm³/mol. The van der Waals surface area contributed by atoms with Crippen molar-refractivity contribution in [2.24, 2.45) is 0 Å². The molecule has 31 heavy (non-hydrogen) atoms. The van der Waals surface area contributed by atoms with Crippen LogP contribution in [0.25, 0.3) is 0 Å². The van der Waals surface area contributed by atoms with E-state index in [2.05, 4.69) is 15.0 Å². The van der Waals surface area contributed by atoms with E-state index in [0.29, 0.717) is 17.7 Å². The van der Waals surface area contributed by atoms with Gasteiger partial charge in [-0.15, -0.1) is 11.8 Å². The number of nitrogens with one attached hydrogen (secondary N) is 2. The van der Waals surface area contributed by atoms with Crippen molar-refractivity contribution in [3.63, 3.8) is 0 Å². The van der Waals surface area contributed by atoms with E-state index in [9.17, 15) is 26.4 Å². The molecule has 0 fully saturated rings. The van der Waals surface area contributed by atoms with E-state index in [0.717, 1.165) is 17.8 Å². The zero-order chi connectivity index (χ0) is 23.1. The second-order valence-electron chi connectivity index (χ2n) is 6.03. The fourth-order valence-corrected chi connectivity index (χ4v) is 4.33. The third-order valence-electron chi connectivity index (χ3n) is 3.81. The number of carbonyl (C=O) groups is 1. The van der Waals surface area contributed by atoms with Crippen molar-refractivity contribution in [2.75, 3.05) is 26.0 Å². The average Bonchev–Trinajstić information content (AvgIpc) is 2.71. The van der Waals surface area contributed by atoms with Gasteiger partial charge in [0.25, 0.3) is 0 Å². The number of hydrogen-bond acceptors (Lipinski definition) is 6. The third kappa shape index (κ3) is 7.87. The monoisotopic (exact) mass is 497 g/mol. The molecule has 0 unspecified atom stereocenters. The number of benzene rings is 1. The minimum absolute atomic E-state index is 0.0472. The Hall–Kier alpha value is -2.02. The molecule has 0 radical (unpaired) electrons. The van der Waals surface area contributed by atoms with Gasteiger partial charge in [0.15, 0.2) is 0 Å². The molecule has 0 saturated heterocycles. The van der Waals surface area contributed by atoms with Gasteiger partial charge in [0.2, 0.25) is 15.9 Å². The molecule has 0 aliphatic rings. The normalized spacial score (nSPS) is 11.9. The second kappa shape index (κ2) is 11.0. The maximum Gasteiger partial charge on any atom is 0.417 e. The molecule has 0 spiro atoms. The van der Waals surface area contributed by atoms with Gasteiger partial charge in [-0.2, -0.15) is 13.2 Å². The number of hydrogen-bond donors (Lipinski definition) is 2. The molecule has 13 heteroatoms. The molecule has 2 rings (SSSR count). The van der Waals surface area contributed by atoms with Crippen molar-refractivity contribution in [3.05, 3.63) is 47.1 Å². The molecule has 1 aromatic carbocycles. The maximum absolute atomic E-state index is 12.6. The van der Waals surface area contributed by atoms with Gasteiger partial charge in [-0.1, -0.05) is 11.6 Å². The highest BCUT2D eigenvalue weighted by atomic mass is 35.5. The minimum Gasteiger partial charge on any atom is -0.497 e.